The van der Waals surface area contributed by atoms with E-state index in [1.54, 1.807) is 0 Å². The van der Waals surface area contributed by atoms with Gasteiger partial charge >= 0.3 is 6.09 Å². The van der Waals surface area contributed by atoms with Crippen molar-refractivity contribution in [3.05, 3.63) is 29.3 Å². The molecule has 0 N–H and O–H groups in total. The monoisotopic (exact) mass is 401 g/mol. The minimum Gasteiger partial charge on any atom is -0.444 e. The van der Waals surface area contributed by atoms with Crippen molar-refractivity contribution in [3.8, 4) is 0 Å². The number of hydrogen-bond donors (Lipinski definition) is 0. The van der Waals surface area contributed by atoms with Gasteiger partial charge in [0.1, 0.15) is 5.60 Å². The lowest BCUT2D eigenvalue weighted by Gasteiger charge is -2.36. The van der Waals surface area contributed by atoms with E-state index in [0.29, 0.717) is 12.2 Å². The molecule has 2 atom stereocenters. The smallest absolute Gasteiger partial charge is 0.410 e. The molecule has 0 radical (unpaired) electrons. The Morgan fingerprint density at radius 2 is 1.76 bits per heavy atom. The molecule has 3 heterocycles. The Morgan fingerprint density at radius 1 is 1.10 bits per heavy atom. The lowest BCUT2D eigenvalue weighted by molar-refractivity contribution is 0.0139. The third-order valence-corrected chi connectivity index (χ3v) is 6.09. The van der Waals surface area contributed by atoms with E-state index in [2.05, 4.69) is 34.9 Å². The van der Waals surface area contributed by atoms with Crippen LogP contribution in [0.4, 0.5) is 10.5 Å². The molecule has 3 fully saturated rings. The number of anilines is 1. The third-order valence-electron chi connectivity index (χ3n) is 6.09. The van der Waals surface area contributed by atoms with Gasteiger partial charge < -0.3 is 19.3 Å². The van der Waals surface area contributed by atoms with Crippen LogP contribution in [-0.4, -0.2) is 73.0 Å². The number of aryl methyl sites for hydroxylation is 1. The SMILES string of the molecule is Cc1ccc(CN2CCN(C(=O)OC(C)(C)C)CC2)cc1N1CC2CCC(C1)O2. The van der Waals surface area contributed by atoms with Gasteiger partial charge in [0.15, 0.2) is 0 Å². The van der Waals surface area contributed by atoms with E-state index >= 15 is 0 Å². The lowest BCUT2D eigenvalue weighted by Crippen LogP contribution is -2.49. The van der Waals surface area contributed by atoms with E-state index < -0.39 is 5.60 Å². The van der Waals surface area contributed by atoms with Crippen molar-refractivity contribution in [2.24, 2.45) is 0 Å². The standard InChI is InChI=1S/C23H35N3O3/c1-17-5-6-18(13-21(17)26-15-19-7-8-20(16-26)28-19)14-24-9-11-25(12-10-24)22(27)29-23(2,3)4/h5-6,13,19-20H,7-12,14-16H2,1-4H3. The summed E-state index contributed by atoms with van der Waals surface area (Å²) in [6, 6.07) is 6.85. The van der Waals surface area contributed by atoms with Gasteiger partial charge in [0.05, 0.1) is 12.2 Å². The van der Waals surface area contributed by atoms with Crippen molar-refractivity contribution in [2.75, 3.05) is 44.2 Å². The largest absolute Gasteiger partial charge is 0.444 e. The molecular weight excluding hydrogens is 366 g/mol. The van der Waals surface area contributed by atoms with E-state index in [-0.39, 0.29) is 6.09 Å². The summed E-state index contributed by atoms with van der Waals surface area (Å²) in [5.41, 5.74) is 3.60. The zero-order valence-electron chi connectivity index (χ0n) is 18.3. The number of rotatable bonds is 3. The number of piperazine rings is 1. The molecule has 6 heteroatoms. The number of carbonyl (C=O) groups excluding carboxylic acids is 1. The molecule has 6 nitrogen and oxygen atoms in total. The molecule has 4 rings (SSSR count). The van der Waals surface area contributed by atoms with Gasteiger partial charge in [-0.3, -0.25) is 4.90 Å². The zero-order valence-corrected chi connectivity index (χ0v) is 18.3. The van der Waals surface area contributed by atoms with Crippen LogP contribution in [0.5, 0.6) is 0 Å². The summed E-state index contributed by atoms with van der Waals surface area (Å²) in [5.74, 6) is 0. The fourth-order valence-electron chi connectivity index (χ4n) is 4.58. The molecule has 29 heavy (non-hydrogen) atoms. The Balaban J connectivity index is 1.34. The van der Waals surface area contributed by atoms with Gasteiger partial charge in [0.25, 0.3) is 0 Å². The summed E-state index contributed by atoms with van der Waals surface area (Å²) in [6.45, 7) is 14.1. The van der Waals surface area contributed by atoms with Crippen molar-refractivity contribution < 1.29 is 14.3 Å². The molecule has 1 aromatic carbocycles. The van der Waals surface area contributed by atoms with Crippen LogP contribution >= 0.6 is 0 Å². The number of morpholine rings is 1. The van der Waals surface area contributed by atoms with E-state index in [1.165, 1.54) is 29.7 Å². The molecule has 3 aliphatic heterocycles. The van der Waals surface area contributed by atoms with Crippen LogP contribution in [-0.2, 0) is 16.0 Å². The minimum atomic E-state index is -0.439. The normalized spacial score (nSPS) is 25.4. The molecule has 2 unspecified atom stereocenters. The van der Waals surface area contributed by atoms with Crippen LogP contribution in [0.25, 0.3) is 0 Å². The zero-order chi connectivity index (χ0) is 20.6. The first-order valence-corrected chi connectivity index (χ1v) is 11.0. The summed E-state index contributed by atoms with van der Waals surface area (Å²) >= 11 is 0. The molecule has 3 aliphatic rings. The Hall–Kier alpha value is -1.79. The average Bonchev–Trinajstić information content (AvgIpc) is 3.00. The van der Waals surface area contributed by atoms with Crippen molar-refractivity contribution in [3.63, 3.8) is 0 Å². The Kier molecular flexibility index (Phi) is 5.76. The second kappa shape index (κ2) is 8.15. The van der Waals surface area contributed by atoms with Gasteiger partial charge in [-0.2, -0.15) is 0 Å². The fraction of sp³-hybridized carbons (Fsp3) is 0.696. The second-order valence-corrected chi connectivity index (χ2v) is 9.73. The molecule has 0 aromatic heterocycles. The number of carbonyl (C=O) groups is 1. The molecule has 160 valence electrons. The average molecular weight is 402 g/mol. The lowest BCUT2D eigenvalue weighted by atomic mass is 10.1. The molecule has 0 aliphatic carbocycles. The number of nitrogens with zero attached hydrogens (tertiary/aromatic N) is 3. The van der Waals surface area contributed by atoms with Crippen molar-refractivity contribution in [2.45, 2.75) is 64.9 Å². The second-order valence-electron chi connectivity index (χ2n) is 9.73. The van der Waals surface area contributed by atoms with Gasteiger partial charge in [0, 0.05) is 51.5 Å². The number of amides is 1. The van der Waals surface area contributed by atoms with Gasteiger partial charge in [-0.05, 0) is 57.7 Å². The molecule has 1 aromatic rings. The summed E-state index contributed by atoms with van der Waals surface area (Å²) in [7, 11) is 0. The molecule has 3 saturated heterocycles. The van der Waals surface area contributed by atoms with Crippen molar-refractivity contribution >= 4 is 11.8 Å². The Morgan fingerprint density at radius 3 is 2.38 bits per heavy atom. The fourth-order valence-corrected chi connectivity index (χ4v) is 4.58. The summed E-state index contributed by atoms with van der Waals surface area (Å²) < 4.78 is 11.5. The first kappa shape index (κ1) is 20.5. The van der Waals surface area contributed by atoms with Gasteiger partial charge in [0.2, 0.25) is 0 Å². The summed E-state index contributed by atoms with van der Waals surface area (Å²) in [6.07, 6.45) is 3.00. The summed E-state index contributed by atoms with van der Waals surface area (Å²) in [5, 5.41) is 0. The predicted octanol–water partition coefficient (Wildman–Crippen LogP) is 3.42. The summed E-state index contributed by atoms with van der Waals surface area (Å²) in [4.78, 5) is 19.0. The molecular formula is C23H35N3O3. The third kappa shape index (κ3) is 5.04. The molecule has 1 amide bonds. The number of hydrogen-bond acceptors (Lipinski definition) is 5. The number of benzene rings is 1. The maximum absolute atomic E-state index is 12.3. The van der Waals surface area contributed by atoms with Crippen LogP contribution in [0.3, 0.4) is 0 Å². The maximum atomic E-state index is 12.3. The predicted molar refractivity (Wildman–Crippen MR) is 114 cm³/mol. The van der Waals surface area contributed by atoms with Crippen molar-refractivity contribution in [1.29, 1.82) is 0 Å². The first-order valence-electron chi connectivity index (χ1n) is 11.0. The van der Waals surface area contributed by atoms with Crippen LogP contribution in [0.15, 0.2) is 18.2 Å². The van der Waals surface area contributed by atoms with Crippen LogP contribution < -0.4 is 4.90 Å². The Labute approximate surface area is 174 Å². The molecule has 0 spiro atoms. The van der Waals surface area contributed by atoms with Gasteiger partial charge in [-0.25, -0.2) is 4.79 Å². The van der Waals surface area contributed by atoms with E-state index in [9.17, 15) is 4.79 Å². The molecule has 2 bridgehead atoms. The van der Waals surface area contributed by atoms with Crippen LogP contribution in [0.2, 0.25) is 0 Å². The Bertz CT molecular complexity index is 725. The number of fused-ring (bicyclic) bond motifs is 2. The highest BCUT2D eigenvalue weighted by atomic mass is 16.6. The highest BCUT2D eigenvalue weighted by Gasteiger charge is 2.34. The highest BCUT2D eigenvalue weighted by molar-refractivity contribution is 5.68. The minimum absolute atomic E-state index is 0.197. The highest BCUT2D eigenvalue weighted by Crippen LogP contribution is 2.32. The first-order chi connectivity index (χ1) is 13.8. The van der Waals surface area contributed by atoms with E-state index in [4.69, 9.17) is 9.47 Å². The quantitative estimate of drug-likeness (QED) is 0.777. The van der Waals surface area contributed by atoms with Crippen LogP contribution in [0, 0.1) is 6.92 Å². The molecule has 0 saturated carbocycles. The van der Waals surface area contributed by atoms with Crippen LogP contribution in [0.1, 0.15) is 44.7 Å². The van der Waals surface area contributed by atoms with E-state index in [0.717, 1.165) is 45.8 Å². The van der Waals surface area contributed by atoms with Crippen molar-refractivity contribution in [1.82, 2.24) is 9.80 Å². The number of ether oxygens (including phenoxy) is 2. The van der Waals surface area contributed by atoms with Gasteiger partial charge in [-0.1, -0.05) is 12.1 Å². The van der Waals surface area contributed by atoms with E-state index in [1.807, 2.05) is 25.7 Å². The van der Waals surface area contributed by atoms with Gasteiger partial charge in [-0.15, -0.1) is 0 Å². The maximum Gasteiger partial charge on any atom is 0.410 e. The topological polar surface area (TPSA) is 45.2 Å².